The summed E-state index contributed by atoms with van der Waals surface area (Å²) in [5, 5.41) is 13.1. The lowest BCUT2D eigenvalue weighted by Crippen LogP contribution is -2.13. The number of nitrogens with zero attached hydrogens (tertiary/aromatic N) is 1. The van der Waals surface area contributed by atoms with E-state index in [1.54, 1.807) is 0 Å². The minimum atomic E-state index is 1.17. The van der Waals surface area contributed by atoms with Crippen LogP contribution in [0.3, 0.4) is 0 Å². The van der Waals surface area contributed by atoms with Crippen LogP contribution < -0.4 is 4.90 Å². The Morgan fingerprint density at radius 1 is 0.304 bits per heavy atom. The number of aryl methyl sites for hydroxylation is 2. The Kier molecular flexibility index (Phi) is 7.55. The Balaban J connectivity index is 1.22. The molecule has 0 spiro atoms. The summed E-state index contributed by atoms with van der Waals surface area (Å²) in [5.74, 6) is 0. The Morgan fingerprint density at radius 3 is 1.29 bits per heavy atom. The Morgan fingerprint density at radius 2 is 0.750 bits per heavy atom. The molecule has 11 aromatic rings. The molecule has 1 aromatic heterocycles. The second-order valence-corrected chi connectivity index (χ2v) is 16.0. The van der Waals surface area contributed by atoms with Crippen LogP contribution in [-0.4, -0.2) is 0 Å². The average Bonchev–Trinajstić information content (AvgIpc) is 3.64. The lowest BCUT2D eigenvalue weighted by Gasteiger charge is -2.30. The lowest BCUT2D eigenvalue weighted by atomic mass is 9.91. The fourth-order valence-electron chi connectivity index (χ4n) is 9.11. The molecule has 0 aliphatic carbocycles. The normalized spacial score (nSPS) is 11.8. The first-order chi connectivity index (χ1) is 27.6. The van der Waals surface area contributed by atoms with Gasteiger partial charge in [-0.3, -0.25) is 0 Å². The number of benzene rings is 10. The number of anilines is 3. The summed E-state index contributed by atoms with van der Waals surface area (Å²) < 4.78 is 2.61. The molecule has 0 aliphatic heterocycles. The van der Waals surface area contributed by atoms with Gasteiger partial charge in [-0.2, -0.15) is 0 Å². The predicted molar refractivity (Wildman–Crippen MR) is 244 cm³/mol. The topological polar surface area (TPSA) is 3.24 Å². The van der Waals surface area contributed by atoms with E-state index in [2.05, 4.69) is 207 Å². The molecule has 1 nitrogen and oxygen atoms in total. The van der Waals surface area contributed by atoms with Crippen molar-refractivity contribution < 1.29 is 0 Å². The van der Waals surface area contributed by atoms with Crippen molar-refractivity contribution >= 4 is 91.7 Å². The molecule has 0 amide bonds. The molecule has 10 aromatic carbocycles. The predicted octanol–water partition coefficient (Wildman–Crippen LogP) is 16.1. The molecule has 0 N–H and O–H groups in total. The van der Waals surface area contributed by atoms with Gasteiger partial charge < -0.3 is 4.90 Å². The number of hydrogen-bond acceptors (Lipinski definition) is 2. The molecule has 0 fully saturated rings. The summed E-state index contributed by atoms with van der Waals surface area (Å²) in [6, 6.07) is 69.3. The standard InChI is InChI=1S/C54H37NS/c1-34-31-38(36-15-5-3-6-16-36)25-28-47(34)55(48-29-26-39(32-35(48)2)37-17-7-4-8-18-37)49-33-51-53(45-24-14-12-22-43(45)49)54-50(56-51)30-27-46-42-21-10-9-19-40(42)41-20-11-13-23-44(41)52(46)54/h3-33H,1-2H3. The Hall–Kier alpha value is -6.74. The largest absolute Gasteiger partial charge is 0.309 e. The maximum absolute atomic E-state index is 2.52. The van der Waals surface area contributed by atoms with Crippen LogP contribution >= 0.6 is 11.3 Å². The van der Waals surface area contributed by atoms with E-state index in [1.165, 1.54) is 114 Å². The number of fused-ring (bicyclic) bond motifs is 12. The van der Waals surface area contributed by atoms with Crippen molar-refractivity contribution in [2.24, 2.45) is 0 Å². The summed E-state index contributed by atoms with van der Waals surface area (Å²) in [7, 11) is 0. The van der Waals surface area contributed by atoms with Crippen LogP contribution in [0.15, 0.2) is 188 Å². The molecular weight excluding hydrogens is 695 g/mol. The zero-order chi connectivity index (χ0) is 37.3. The van der Waals surface area contributed by atoms with Crippen molar-refractivity contribution in [3.05, 3.63) is 199 Å². The Bertz CT molecular complexity index is 3200. The van der Waals surface area contributed by atoms with Gasteiger partial charge in [0.05, 0.1) is 5.69 Å². The monoisotopic (exact) mass is 731 g/mol. The van der Waals surface area contributed by atoms with E-state index in [-0.39, 0.29) is 0 Å². The first-order valence-electron chi connectivity index (χ1n) is 19.3. The zero-order valence-electron chi connectivity index (χ0n) is 31.3. The molecular formula is C54H37NS. The van der Waals surface area contributed by atoms with Gasteiger partial charge in [-0.05, 0) is 121 Å². The van der Waals surface area contributed by atoms with Crippen LogP contribution in [-0.2, 0) is 0 Å². The number of hydrogen-bond donors (Lipinski definition) is 0. The fourth-order valence-corrected chi connectivity index (χ4v) is 10.3. The summed E-state index contributed by atoms with van der Waals surface area (Å²) in [6.45, 7) is 4.51. The fraction of sp³-hybridized carbons (Fsp3) is 0.0370. The molecule has 1 heterocycles. The van der Waals surface area contributed by atoms with E-state index in [0.29, 0.717) is 0 Å². The van der Waals surface area contributed by atoms with Crippen molar-refractivity contribution in [1.29, 1.82) is 0 Å². The molecule has 0 atom stereocenters. The molecule has 0 saturated carbocycles. The van der Waals surface area contributed by atoms with E-state index in [4.69, 9.17) is 0 Å². The second kappa shape index (κ2) is 12.9. The highest BCUT2D eigenvalue weighted by Gasteiger charge is 2.24. The van der Waals surface area contributed by atoms with Crippen molar-refractivity contribution in [3.8, 4) is 22.3 Å². The van der Waals surface area contributed by atoms with Gasteiger partial charge in [0.25, 0.3) is 0 Å². The van der Waals surface area contributed by atoms with E-state index in [9.17, 15) is 0 Å². The van der Waals surface area contributed by atoms with Crippen LogP contribution in [0.1, 0.15) is 11.1 Å². The first-order valence-corrected chi connectivity index (χ1v) is 20.2. The summed E-state index contributed by atoms with van der Waals surface area (Å²) in [4.78, 5) is 2.52. The van der Waals surface area contributed by atoms with Crippen LogP contribution in [0.2, 0.25) is 0 Å². The molecule has 0 bridgehead atoms. The maximum atomic E-state index is 2.52. The second-order valence-electron chi connectivity index (χ2n) is 14.9. The van der Waals surface area contributed by atoms with Gasteiger partial charge in [0.2, 0.25) is 0 Å². The highest BCUT2D eigenvalue weighted by molar-refractivity contribution is 7.26. The van der Waals surface area contributed by atoms with Gasteiger partial charge in [0, 0.05) is 36.9 Å². The molecule has 11 rings (SSSR count). The van der Waals surface area contributed by atoms with Gasteiger partial charge in [-0.25, -0.2) is 0 Å². The van der Waals surface area contributed by atoms with Gasteiger partial charge in [0.15, 0.2) is 0 Å². The third kappa shape index (κ3) is 5.07. The molecule has 2 heteroatoms. The maximum Gasteiger partial charge on any atom is 0.0554 e. The van der Waals surface area contributed by atoms with Crippen LogP contribution in [0.25, 0.3) is 85.5 Å². The highest BCUT2D eigenvalue weighted by Crippen LogP contribution is 2.51. The summed E-state index contributed by atoms with van der Waals surface area (Å²) >= 11 is 1.91. The number of rotatable bonds is 5. The first kappa shape index (κ1) is 32.7. The van der Waals surface area contributed by atoms with Gasteiger partial charge in [-0.15, -0.1) is 11.3 Å². The van der Waals surface area contributed by atoms with Crippen molar-refractivity contribution in [2.75, 3.05) is 4.90 Å². The SMILES string of the molecule is Cc1cc(-c2ccccc2)ccc1N(c1ccc(-c2ccccc2)cc1C)c1cc2sc3ccc4c5ccccc5c5ccccc5c4c3c2c2ccccc12. The van der Waals surface area contributed by atoms with Gasteiger partial charge >= 0.3 is 0 Å². The molecule has 0 aliphatic rings. The highest BCUT2D eigenvalue weighted by atomic mass is 32.1. The van der Waals surface area contributed by atoms with E-state index in [1.807, 2.05) is 11.3 Å². The van der Waals surface area contributed by atoms with Crippen molar-refractivity contribution in [1.82, 2.24) is 0 Å². The number of thiophene rings is 1. The average molecular weight is 732 g/mol. The summed E-state index contributed by atoms with van der Waals surface area (Å²) in [5.41, 5.74) is 10.9. The smallest absolute Gasteiger partial charge is 0.0554 e. The van der Waals surface area contributed by atoms with Crippen molar-refractivity contribution in [3.63, 3.8) is 0 Å². The van der Waals surface area contributed by atoms with Crippen LogP contribution in [0, 0.1) is 13.8 Å². The van der Waals surface area contributed by atoms with Gasteiger partial charge in [-0.1, -0.05) is 152 Å². The molecule has 264 valence electrons. The minimum Gasteiger partial charge on any atom is -0.309 e. The Labute approximate surface area is 330 Å². The van der Waals surface area contributed by atoms with Crippen molar-refractivity contribution in [2.45, 2.75) is 13.8 Å². The van der Waals surface area contributed by atoms with E-state index < -0.39 is 0 Å². The molecule has 0 unspecified atom stereocenters. The van der Waals surface area contributed by atoms with Crippen LogP contribution in [0.5, 0.6) is 0 Å². The van der Waals surface area contributed by atoms with Crippen LogP contribution in [0.4, 0.5) is 17.1 Å². The van der Waals surface area contributed by atoms with E-state index in [0.717, 1.165) is 0 Å². The molecule has 56 heavy (non-hydrogen) atoms. The summed E-state index contributed by atoms with van der Waals surface area (Å²) in [6.07, 6.45) is 0. The third-order valence-electron chi connectivity index (χ3n) is 11.7. The van der Waals surface area contributed by atoms with E-state index >= 15 is 0 Å². The lowest BCUT2D eigenvalue weighted by molar-refractivity contribution is 1.24. The molecule has 0 radical (unpaired) electrons. The quantitative estimate of drug-likeness (QED) is 0.159. The molecule has 0 saturated heterocycles. The third-order valence-corrected chi connectivity index (χ3v) is 12.8. The zero-order valence-corrected chi connectivity index (χ0v) is 32.1. The van der Waals surface area contributed by atoms with Gasteiger partial charge in [0.1, 0.15) is 0 Å². The minimum absolute atomic E-state index is 1.17.